The highest BCUT2D eigenvalue weighted by Gasteiger charge is 2.37. The van der Waals surface area contributed by atoms with E-state index >= 15 is 0 Å². The summed E-state index contributed by atoms with van der Waals surface area (Å²) in [5, 5.41) is 32.0. The van der Waals surface area contributed by atoms with Gasteiger partial charge in [0.05, 0.1) is 34.3 Å². The van der Waals surface area contributed by atoms with E-state index in [9.17, 15) is 29.4 Å². The minimum absolute atomic E-state index is 0.0107. The summed E-state index contributed by atoms with van der Waals surface area (Å²) in [5.41, 5.74) is 11.1. The van der Waals surface area contributed by atoms with Gasteiger partial charge in [0, 0.05) is 37.6 Å². The topological polar surface area (TPSA) is 209 Å². The van der Waals surface area contributed by atoms with Crippen molar-refractivity contribution in [3.05, 3.63) is 46.5 Å². The van der Waals surface area contributed by atoms with Crippen LogP contribution < -0.4 is 32.7 Å². The summed E-state index contributed by atoms with van der Waals surface area (Å²) in [6.45, 7) is 3.97. The van der Waals surface area contributed by atoms with Crippen molar-refractivity contribution in [3.8, 4) is 11.5 Å². The molecular weight excluding hydrogens is 468 g/mol. The smallest absolute Gasteiger partial charge is 0.236 e. The lowest BCUT2D eigenvalue weighted by atomic mass is 9.81. The highest BCUT2D eigenvalue weighted by Crippen LogP contribution is 2.42. The number of phenolic OH excluding ortho intramolecular Hbond substituents is 2. The second-order valence-corrected chi connectivity index (χ2v) is 8.44. The van der Waals surface area contributed by atoms with Gasteiger partial charge in [-0.25, -0.2) is 0 Å². The number of carbonyl (C=O) groups is 4. The maximum Gasteiger partial charge on any atom is 0.236 e. The van der Waals surface area contributed by atoms with Gasteiger partial charge in [0.25, 0.3) is 0 Å². The van der Waals surface area contributed by atoms with E-state index in [1.807, 2.05) is 0 Å². The number of nitrogens with two attached hydrogens (primary N) is 2. The summed E-state index contributed by atoms with van der Waals surface area (Å²) >= 11 is 0. The van der Waals surface area contributed by atoms with Crippen LogP contribution in [0.4, 0.5) is 11.4 Å². The molecule has 36 heavy (non-hydrogen) atoms. The number of amides is 2. The molecule has 0 saturated heterocycles. The van der Waals surface area contributed by atoms with Gasteiger partial charge in [-0.3, -0.25) is 19.2 Å². The first kappa shape index (κ1) is 26.4. The van der Waals surface area contributed by atoms with Crippen LogP contribution in [0.1, 0.15) is 45.7 Å². The highest BCUT2D eigenvalue weighted by atomic mass is 16.3. The number of anilines is 2. The predicted molar refractivity (Wildman–Crippen MR) is 133 cm³/mol. The number of nitrogens with one attached hydrogen (secondary N) is 4. The summed E-state index contributed by atoms with van der Waals surface area (Å²) < 4.78 is 0. The van der Waals surface area contributed by atoms with Crippen LogP contribution in [0.5, 0.6) is 11.5 Å². The van der Waals surface area contributed by atoms with Crippen LogP contribution in [0, 0.1) is 0 Å². The van der Waals surface area contributed by atoms with Crippen LogP contribution in [0.3, 0.4) is 0 Å². The first-order valence-electron chi connectivity index (χ1n) is 11.4. The van der Waals surface area contributed by atoms with Gasteiger partial charge < -0.3 is 42.9 Å². The number of benzene rings is 2. The third kappa shape index (κ3) is 5.39. The Balaban J connectivity index is 1.92. The van der Waals surface area contributed by atoms with Crippen LogP contribution in [-0.4, -0.2) is 71.9 Å². The Morgan fingerprint density at radius 1 is 0.694 bits per heavy atom. The molecule has 0 heterocycles. The molecule has 0 saturated carbocycles. The molecule has 0 aromatic heterocycles. The molecule has 12 heteroatoms. The van der Waals surface area contributed by atoms with Crippen LogP contribution >= 0.6 is 0 Å². The van der Waals surface area contributed by atoms with Crippen molar-refractivity contribution >= 4 is 34.8 Å². The molecule has 0 bridgehead atoms. The summed E-state index contributed by atoms with van der Waals surface area (Å²) in [5.74, 6) is -2.84. The number of ketones is 2. The zero-order valence-electron chi connectivity index (χ0n) is 20.0. The molecule has 2 aromatic carbocycles. The fourth-order valence-electron chi connectivity index (χ4n) is 3.75. The minimum atomic E-state index is -0.674. The summed E-state index contributed by atoms with van der Waals surface area (Å²) in [6.07, 6.45) is 0. The molecule has 10 N–H and O–H groups in total. The second-order valence-electron chi connectivity index (χ2n) is 8.44. The summed E-state index contributed by atoms with van der Waals surface area (Å²) in [6, 6.07) is 4.12. The van der Waals surface area contributed by atoms with Crippen LogP contribution in [0.25, 0.3) is 0 Å². The standard InChI is InChI=1S/C24H30N6O6/c1-11(25)23(35)29-9-7-27-13-3-4-14(28-8-10-30-24(36)12(2)26)18-17(13)21(33)19-15(31)5-6-16(32)20(19)22(18)34/h3-6,11-12,27-28,31-32H,7-10,25-26H2,1-2H3,(H,29,35)(H,30,36)/t11-,12-/m0/s1. The van der Waals surface area contributed by atoms with Crippen molar-refractivity contribution in [1.82, 2.24) is 10.6 Å². The number of fused-ring (bicyclic) bond motifs is 2. The molecule has 2 atom stereocenters. The Kier molecular flexibility index (Phi) is 8.12. The van der Waals surface area contributed by atoms with E-state index in [4.69, 9.17) is 11.5 Å². The Morgan fingerprint density at radius 3 is 1.39 bits per heavy atom. The van der Waals surface area contributed by atoms with Crippen molar-refractivity contribution in [1.29, 1.82) is 0 Å². The van der Waals surface area contributed by atoms with Gasteiger partial charge in [0.15, 0.2) is 0 Å². The molecule has 0 spiro atoms. The number of aromatic hydroxyl groups is 2. The Bertz CT molecular complexity index is 1120. The molecule has 0 unspecified atom stereocenters. The largest absolute Gasteiger partial charge is 0.507 e. The fraction of sp³-hybridized carbons (Fsp3) is 0.333. The molecule has 0 aliphatic heterocycles. The molecule has 2 amide bonds. The maximum absolute atomic E-state index is 13.5. The van der Waals surface area contributed by atoms with Crippen molar-refractivity contribution in [3.63, 3.8) is 0 Å². The van der Waals surface area contributed by atoms with Crippen molar-refractivity contribution in [2.24, 2.45) is 11.5 Å². The molecule has 3 rings (SSSR count). The van der Waals surface area contributed by atoms with Crippen molar-refractivity contribution < 1.29 is 29.4 Å². The van der Waals surface area contributed by atoms with E-state index in [1.165, 1.54) is 0 Å². The Morgan fingerprint density at radius 2 is 1.06 bits per heavy atom. The molecular formula is C24H30N6O6. The van der Waals surface area contributed by atoms with E-state index < -0.39 is 35.1 Å². The average Bonchev–Trinajstić information content (AvgIpc) is 2.83. The van der Waals surface area contributed by atoms with Gasteiger partial charge in [-0.2, -0.15) is 0 Å². The van der Waals surface area contributed by atoms with Gasteiger partial charge in [-0.15, -0.1) is 0 Å². The zero-order chi connectivity index (χ0) is 26.6. The van der Waals surface area contributed by atoms with Crippen molar-refractivity contribution in [2.45, 2.75) is 25.9 Å². The van der Waals surface area contributed by atoms with E-state index in [-0.39, 0.29) is 60.2 Å². The number of hydrogen-bond acceptors (Lipinski definition) is 10. The molecule has 2 aromatic rings. The minimum Gasteiger partial charge on any atom is -0.507 e. The molecule has 192 valence electrons. The molecule has 0 radical (unpaired) electrons. The SMILES string of the molecule is C[C@H](N)C(=O)NCCNc1ccc(NCCNC(=O)[C@H](C)N)c2c1C(=O)c1c(O)ccc(O)c1C2=O. The monoisotopic (exact) mass is 498 g/mol. The molecule has 1 aliphatic rings. The average molecular weight is 499 g/mol. The number of hydrogen-bond donors (Lipinski definition) is 8. The predicted octanol–water partition coefficient (Wildman–Crippen LogP) is -0.376. The lowest BCUT2D eigenvalue weighted by molar-refractivity contribution is -0.122. The normalized spacial score (nSPS) is 13.8. The summed E-state index contributed by atoms with van der Waals surface area (Å²) in [7, 11) is 0. The van der Waals surface area contributed by atoms with E-state index in [1.54, 1.807) is 26.0 Å². The summed E-state index contributed by atoms with van der Waals surface area (Å²) in [4.78, 5) is 50.3. The van der Waals surface area contributed by atoms with E-state index in [0.717, 1.165) is 12.1 Å². The second kappa shape index (κ2) is 11.1. The van der Waals surface area contributed by atoms with Gasteiger partial charge in [0.1, 0.15) is 11.5 Å². The van der Waals surface area contributed by atoms with E-state index in [0.29, 0.717) is 11.4 Å². The number of rotatable bonds is 10. The number of phenols is 2. The van der Waals surface area contributed by atoms with Crippen LogP contribution in [-0.2, 0) is 9.59 Å². The lowest BCUT2D eigenvalue weighted by Crippen LogP contribution is -2.40. The lowest BCUT2D eigenvalue weighted by Gasteiger charge is -2.25. The third-order valence-electron chi connectivity index (χ3n) is 5.58. The first-order chi connectivity index (χ1) is 17.0. The molecule has 12 nitrogen and oxygen atoms in total. The maximum atomic E-state index is 13.5. The van der Waals surface area contributed by atoms with Gasteiger partial charge >= 0.3 is 0 Å². The van der Waals surface area contributed by atoms with Crippen LogP contribution in [0.15, 0.2) is 24.3 Å². The Labute approximate surface area is 207 Å². The number of carbonyl (C=O) groups excluding carboxylic acids is 4. The van der Waals surface area contributed by atoms with Crippen molar-refractivity contribution in [2.75, 3.05) is 36.8 Å². The zero-order valence-corrected chi connectivity index (χ0v) is 20.0. The van der Waals surface area contributed by atoms with Gasteiger partial charge in [0.2, 0.25) is 23.4 Å². The highest BCUT2D eigenvalue weighted by molar-refractivity contribution is 6.33. The van der Waals surface area contributed by atoms with Crippen LogP contribution in [0.2, 0.25) is 0 Å². The first-order valence-corrected chi connectivity index (χ1v) is 11.4. The third-order valence-corrected chi connectivity index (χ3v) is 5.58. The molecule has 0 fully saturated rings. The molecule has 1 aliphatic carbocycles. The quantitative estimate of drug-likeness (QED) is 0.134. The fourth-order valence-corrected chi connectivity index (χ4v) is 3.75. The Hall–Kier alpha value is -4.16. The van der Waals surface area contributed by atoms with Gasteiger partial charge in [-0.05, 0) is 38.1 Å². The van der Waals surface area contributed by atoms with E-state index in [2.05, 4.69) is 21.3 Å². The van der Waals surface area contributed by atoms with Gasteiger partial charge in [-0.1, -0.05) is 0 Å².